The highest BCUT2D eigenvalue weighted by Gasteiger charge is 2.39. The lowest BCUT2D eigenvalue weighted by Crippen LogP contribution is -2.31. The molecule has 0 aromatic carbocycles. The third-order valence-electron chi connectivity index (χ3n) is 3.68. The molecule has 1 N–H and O–H groups in total. The first kappa shape index (κ1) is 18.3. The summed E-state index contributed by atoms with van der Waals surface area (Å²) >= 11 is 5.19. The number of aromatic amines is 1. The minimum atomic E-state index is -0.596. The van der Waals surface area contributed by atoms with Crippen molar-refractivity contribution in [1.29, 1.82) is 0 Å². The predicted molar refractivity (Wildman–Crippen MR) is 86.0 cm³/mol. The van der Waals surface area contributed by atoms with Crippen molar-refractivity contribution in [3.05, 3.63) is 26.9 Å². The maximum absolute atomic E-state index is 11.8. The maximum atomic E-state index is 11.8. The second-order valence-electron chi connectivity index (χ2n) is 5.49. The summed E-state index contributed by atoms with van der Waals surface area (Å²) in [6.07, 6.45) is 0.846. The van der Waals surface area contributed by atoms with Crippen LogP contribution in [0.25, 0.3) is 0 Å². The zero-order chi connectivity index (χ0) is 17.9. The van der Waals surface area contributed by atoms with Crippen molar-refractivity contribution in [2.45, 2.75) is 52.0 Å². The Balaban J connectivity index is 2.25. The number of aryl methyl sites for hydroxylation is 1. The molecule has 0 spiro atoms. The predicted octanol–water partition coefficient (Wildman–Crippen LogP) is 1.25. The quantitative estimate of drug-likeness (QED) is 0.626. The van der Waals surface area contributed by atoms with Gasteiger partial charge in [-0.15, -0.1) is 0 Å². The van der Waals surface area contributed by atoms with E-state index in [9.17, 15) is 14.4 Å². The van der Waals surface area contributed by atoms with Gasteiger partial charge in [0.05, 0.1) is 0 Å². The molecule has 0 bridgehead atoms. The summed E-state index contributed by atoms with van der Waals surface area (Å²) in [5.74, 6) is -0.895. The van der Waals surface area contributed by atoms with Gasteiger partial charge in [-0.25, -0.2) is 0 Å². The van der Waals surface area contributed by atoms with Crippen LogP contribution >= 0.6 is 12.2 Å². The molecule has 3 atom stereocenters. The highest BCUT2D eigenvalue weighted by atomic mass is 32.1. The van der Waals surface area contributed by atoms with Gasteiger partial charge in [0.1, 0.15) is 25.0 Å². The number of hydrogen-bond acceptors (Lipinski definition) is 7. The summed E-state index contributed by atoms with van der Waals surface area (Å²) in [5.41, 5.74) is 0.337. The summed E-state index contributed by atoms with van der Waals surface area (Å²) in [4.78, 5) is 36.7. The van der Waals surface area contributed by atoms with Crippen LogP contribution < -0.4 is 5.56 Å². The molecule has 0 radical (unpaired) electrons. The van der Waals surface area contributed by atoms with E-state index in [4.69, 9.17) is 26.4 Å². The van der Waals surface area contributed by atoms with Crippen molar-refractivity contribution in [2.75, 3.05) is 6.61 Å². The fourth-order valence-electron chi connectivity index (χ4n) is 2.55. The Morgan fingerprint density at radius 1 is 1.42 bits per heavy atom. The summed E-state index contributed by atoms with van der Waals surface area (Å²) in [6, 6.07) is 0. The van der Waals surface area contributed by atoms with E-state index in [-0.39, 0.29) is 16.9 Å². The molecule has 1 aromatic rings. The van der Waals surface area contributed by atoms with Gasteiger partial charge >= 0.3 is 11.9 Å². The van der Waals surface area contributed by atoms with Crippen molar-refractivity contribution in [1.82, 2.24) is 9.55 Å². The van der Waals surface area contributed by atoms with Crippen molar-refractivity contribution in [3.63, 3.8) is 0 Å². The van der Waals surface area contributed by atoms with Crippen LogP contribution in [0.1, 0.15) is 39.0 Å². The van der Waals surface area contributed by atoms with Gasteiger partial charge in [0.15, 0.2) is 4.77 Å². The van der Waals surface area contributed by atoms with E-state index in [1.165, 1.54) is 13.8 Å². The minimum Gasteiger partial charge on any atom is -0.463 e. The Bertz CT molecular complexity index is 740. The zero-order valence-electron chi connectivity index (χ0n) is 13.7. The molecule has 24 heavy (non-hydrogen) atoms. The number of esters is 2. The van der Waals surface area contributed by atoms with Crippen LogP contribution in [0.4, 0.5) is 0 Å². The number of hydrogen-bond donors (Lipinski definition) is 1. The molecule has 0 amide bonds. The van der Waals surface area contributed by atoms with E-state index in [0.717, 1.165) is 0 Å². The molecule has 2 heterocycles. The summed E-state index contributed by atoms with van der Waals surface area (Å²) in [5, 5.41) is 0. The van der Waals surface area contributed by atoms with Crippen LogP contribution in [0.2, 0.25) is 0 Å². The number of ether oxygens (including phenoxy) is 3. The molecule has 1 aromatic heterocycles. The second-order valence-corrected chi connectivity index (χ2v) is 5.88. The van der Waals surface area contributed by atoms with Crippen molar-refractivity contribution < 1.29 is 23.8 Å². The molecule has 1 aliphatic rings. The number of H-pyrrole nitrogens is 1. The smallest absolute Gasteiger partial charge is 0.303 e. The number of rotatable bonds is 5. The highest BCUT2D eigenvalue weighted by Crippen LogP contribution is 2.31. The first-order valence-electron chi connectivity index (χ1n) is 7.62. The van der Waals surface area contributed by atoms with Gasteiger partial charge in [-0.1, -0.05) is 6.92 Å². The van der Waals surface area contributed by atoms with E-state index in [1.54, 1.807) is 10.8 Å². The van der Waals surface area contributed by atoms with Crippen LogP contribution in [0.15, 0.2) is 11.0 Å². The standard InChI is InChI=1S/C15H20N2O6S/c1-4-10-6-17(15(24)16-14(10)20)13-5-11(22-9(3)19)12(23-13)7-21-8(2)18/h6,11-13H,4-5,7H2,1-3H3,(H,16,20,24)/t11-,12+,13+/m0/s1. The van der Waals surface area contributed by atoms with Gasteiger partial charge in [-0.2, -0.15) is 0 Å². The third-order valence-corrected chi connectivity index (χ3v) is 3.99. The highest BCUT2D eigenvalue weighted by molar-refractivity contribution is 7.71. The van der Waals surface area contributed by atoms with Crippen LogP contribution in [-0.4, -0.2) is 40.3 Å². The molecule has 1 saturated heterocycles. The van der Waals surface area contributed by atoms with Gasteiger partial charge in [-0.05, 0) is 18.6 Å². The van der Waals surface area contributed by atoms with Crippen molar-refractivity contribution in [3.8, 4) is 0 Å². The Morgan fingerprint density at radius 2 is 2.12 bits per heavy atom. The first-order valence-corrected chi connectivity index (χ1v) is 8.03. The Hall–Kier alpha value is -2.00. The van der Waals surface area contributed by atoms with Gasteiger partial charge in [0, 0.05) is 32.0 Å². The Kier molecular flexibility index (Phi) is 5.89. The monoisotopic (exact) mass is 356 g/mol. The summed E-state index contributed by atoms with van der Waals surface area (Å²) in [6.45, 7) is 4.43. The second kappa shape index (κ2) is 7.71. The van der Waals surface area contributed by atoms with Crippen LogP contribution in [0.3, 0.4) is 0 Å². The van der Waals surface area contributed by atoms with Crippen molar-refractivity contribution in [2.24, 2.45) is 0 Å². The average molecular weight is 356 g/mol. The summed E-state index contributed by atoms with van der Waals surface area (Å²) in [7, 11) is 0. The van der Waals surface area contributed by atoms with E-state index in [0.29, 0.717) is 18.4 Å². The number of nitrogens with one attached hydrogen (secondary N) is 1. The first-order chi connectivity index (χ1) is 11.3. The molecule has 0 saturated carbocycles. The number of carbonyl (C=O) groups excluding carboxylic acids is 2. The topological polar surface area (TPSA) is 99.6 Å². The molecular formula is C15H20N2O6S. The molecule has 0 aliphatic carbocycles. The van der Waals surface area contributed by atoms with Gasteiger partial charge in [-0.3, -0.25) is 23.9 Å². The Labute approximate surface area is 143 Å². The number of nitrogens with zero attached hydrogens (tertiary/aromatic N) is 1. The van der Waals surface area contributed by atoms with E-state index < -0.39 is 30.4 Å². The van der Waals surface area contributed by atoms with Gasteiger partial charge in [0.25, 0.3) is 5.56 Å². The average Bonchev–Trinajstić information content (AvgIpc) is 2.87. The normalized spacial score (nSPS) is 23.0. The molecule has 2 rings (SSSR count). The number of carbonyl (C=O) groups is 2. The molecular weight excluding hydrogens is 336 g/mol. The maximum Gasteiger partial charge on any atom is 0.303 e. The molecule has 0 unspecified atom stereocenters. The summed E-state index contributed by atoms with van der Waals surface area (Å²) < 4.78 is 17.9. The van der Waals surface area contributed by atoms with Crippen LogP contribution in [0, 0.1) is 4.77 Å². The lowest BCUT2D eigenvalue weighted by molar-refractivity contribution is -0.155. The SMILES string of the molecule is CCc1cn([C@H]2C[C@H](OC(C)=O)[C@@H](COC(C)=O)O2)c(=S)[nH]c1=O. The Morgan fingerprint density at radius 3 is 2.71 bits per heavy atom. The van der Waals surface area contributed by atoms with E-state index in [2.05, 4.69) is 4.98 Å². The molecule has 132 valence electrons. The molecule has 1 aliphatic heterocycles. The van der Waals surface area contributed by atoms with Gasteiger partial charge in [0.2, 0.25) is 0 Å². The molecule has 1 fully saturated rings. The fourth-order valence-corrected chi connectivity index (χ4v) is 2.81. The fraction of sp³-hybridized carbons (Fsp3) is 0.600. The zero-order valence-corrected chi connectivity index (χ0v) is 14.6. The van der Waals surface area contributed by atoms with E-state index >= 15 is 0 Å². The minimum absolute atomic E-state index is 0.0267. The van der Waals surface area contributed by atoms with Crippen molar-refractivity contribution >= 4 is 24.2 Å². The third kappa shape index (κ3) is 4.30. The lowest BCUT2D eigenvalue weighted by Gasteiger charge is -2.18. The van der Waals surface area contributed by atoms with Gasteiger partial charge < -0.3 is 14.2 Å². The largest absolute Gasteiger partial charge is 0.463 e. The van der Waals surface area contributed by atoms with E-state index in [1.807, 2.05) is 6.92 Å². The van der Waals surface area contributed by atoms with Crippen LogP contribution in [-0.2, 0) is 30.2 Å². The van der Waals surface area contributed by atoms with Crippen LogP contribution in [0.5, 0.6) is 0 Å². The number of aromatic nitrogens is 2. The molecule has 8 nitrogen and oxygen atoms in total. The molecule has 9 heteroatoms. The lowest BCUT2D eigenvalue weighted by atomic mass is 10.2.